The Labute approximate surface area is 287 Å². The molecule has 0 aliphatic rings. The fourth-order valence-electron chi connectivity index (χ4n) is 6.22. The molecule has 6 heteroatoms. The van der Waals surface area contributed by atoms with Gasteiger partial charge in [-0.25, -0.2) is 0 Å². The van der Waals surface area contributed by atoms with Crippen LogP contribution in [0.4, 0.5) is 0 Å². The van der Waals surface area contributed by atoms with Crippen molar-refractivity contribution in [3.05, 3.63) is 126 Å². The summed E-state index contributed by atoms with van der Waals surface area (Å²) in [6.07, 6.45) is 10.9. The first-order chi connectivity index (χ1) is 22.0. The second-order valence-corrected chi connectivity index (χ2v) is 15.9. The Kier molecular flexibility index (Phi) is 16.2. The van der Waals surface area contributed by atoms with Crippen LogP contribution in [0, 0.1) is 0 Å². The zero-order valence-corrected chi connectivity index (χ0v) is 29.8. The summed E-state index contributed by atoms with van der Waals surface area (Å²) in [7, 11) is -2.16. The summed E-state index contributed by atoms with van der Waals surface area (Å²) in [5.41, 5.74) is 1.41. The van der Waals surface area contributed by atoms with Gasteiger partial charge in [0.2, 0.25) is 5.91 Å². The Hall–Kier alpha value is -2.82. The molecule has 0 unspecified atom stereocenters. The lowest BCUT2D eigenvalue weighted by molar-refractivity contribution is -0.124. The normalized spacial score (nSPS) is 11.5. The van der Waals surface area contributed by atoms with Gasteiger partial charge in [-0.05, 0) is 73.2 Å². The van der Waals surface area contributed by atoms with Crippen molar-refractivity contribution < 1.29 is 32.0 Å². The number of carbonyl (C=O) groups is 1. The molecule has 0 saturated heterocycles. The molecular weight excluding hydrogens is 653 g/mol. The largest absolute Gasteiger partial charge is 1.00 e. The minimum Gasteiger partial charge on any atom is -1.00 e. The number of aliphatic hydroxyl groups excluding tert-OH is 2. The van der Waals surface area contributed by atoms with Crippen molar-refractivity contribution in [3.8, 4) is 0 Å². The lowest BCUT2D eigenvalue weighted by Crippen LogP contribution is -3.00. The van der Waals surface area contributed by atoms with Crippen LogP contribution < -0.4 is 38.2 Å². The highest BCUT2D eigenvalue weighted by atomic mass is 79.9. The van der Waals surface area contributed by atoms with E-state index >= 15 is 0 Å². The number of amides is 1. The van der Waals surface area contributed by atoms with Crippen molar-refractivity contribution in [2.75, 3.05) is 19.4 Å². The molecule has 0 spiro atoms. The molecule has 0 atom stereocenters. The van der Waals surface area contributed by atoms with Gasteiger partial charge in [0.15, 0.2) is 0 Å². The van der Waals surface area contributed by atoms with Gasteiger partial charge < -0.3 is 32.5 Å². The Morgan fingerprint density at radius 1 is 0.630 bits per heavy atom. The highest BCUT2D eigenvalue weighted by molar-refractivity contribution is 7.95. The summed E-state index contributed by atoms with van der Waals surface area (Å²) in [6, 6.07) is 40.2. The minimum absolute atomic E-state index is 0. The van der Waals surface area contributed by atoms with E-state index in [0.717, 1.165) is 12.0 Å². The Bertz CT molecular complexity index is 1300. The molecule has 0 saturated carbocycles. The quantitative estimate of drug-likeness (QED) is 0.103. The van der Waals surface area contributed by atoms with Gasteiger partial charge in [-0.15, -0.1) is 0 Å². The molecule has 0 aliphatic carbocycles. The van der Waals surface area contributed by atoms with Crippen molar-refractivity contribution in [1.82, 2.24) is 5.32 Å². The maximum Gasteiger partial charge on any atom is 0.224 e. The smallest absolute Gasteiger partial charge is 0.224 e. The topological polar surface area (TPSA) is 69.6 Å². The van der Waals surface area contributed by atoms with Gasteiger partial charge in [0.05, 0.1) is 31.3 Å². The molecule has 0 heterocycles. The number of aliphatic hydroxyl groups is 2. The van der Waals surface area contributed by atoms with E-state index in [1.165, 1.54) is 60.0 Å². The van der Waals surface area contributed by atoms with Crippen LogP contribution >= 0.6 is 7.26 Å². The van der Waals surface area contributed by atoms with Gasteiger partial charge in [-0.3, -0.25) is 4.79 Å². The van der Waals surface area contributed by atoms with Crippen LogP contribution in [0.15, 0.2) is 115 Å². The summed E-state index contributed by atoms with van der Waals surface area (Å²) in [5, 5.41) is 27.6. The zero-order chi connectivity index (χ0) is 31.8. The fraction of sp³-hybridized carbons (Fsp3) is 0.375. The van der Waals surface area contributed by atoms with Crippen LogP contribution in [0.2, 0.25) is 0 Å². The van der Waals surface area contributed by atoms with Gasteiger partial charge in [0.1, 0.15) is 23.2 Å². The predicted molar refractivity (Wildman–Crippen MR) is 192 cm³/mol. The molecule has 4 nitrogen and oxygen atoms in total. The molecule has 3 N–H and O–H groups in total. The van der Waals surface area contributed by atoms with E-state index in [4.69, 9.17) is 0 Å². The fourth-order valence-corrected chi connectivity index (χ4v) is 10.5. The third-order valence-electron chi connectivity index (χ3n) is 9.01. The first-order valence-corrected chi connectivity index (χ1v) is 18.7. The van der Waals surface area contributed by atoms with E-state index in [1.54, 1.807) is 0 Å². The van der Waals surface area contributed by atoms with E-state index < -0.39 is 12.8 Å². The van der Waals surface area contributed by atoms with E-state index in [1.807, 2.05) is 18.2 Å². The van der Waals surface area contributed by atoms with Gasteiger partial charge >= 0.3 is 0 Å². The molecule has 1 amide bonds. The number of hydrogen-bond donors (Lipinski definition) is 3. The minimum atomic E-state index is -2.16. The number of aryl methyl sites for hydroxylation is 2. The highest BCUT2D eigenvalue weighted by Crippen LogP contribution is 2.55. The average molecular weight is 705 g/mol. The second-order valence-electron chi connectivity index (χ2n) is 12.3. The standard InChI is InChI=1S/C40H50NO3P.BrH/c1-2-3-4-5-6-10-17-34-24-26-35(27-25-34)28-30-40(32-42,33-43)41-39(44)29-31-45(36-18-11-7-12-19-36,37-20-13-8-14-21-37)38-22-15-9-16-23-38;/h7-9,11-16,18-27,42-43H,2-6,10,17,28-33H2,1H3;1H. The molecule has 4 aromatic rings. The molecule has 246 valence electrons. The van der Waals surface area contributed by atoms with Gasteiger partial charge in [-0.1, -0.05) is 118 Å². The third-order valence-corrected chi connectivity index (χ3v) is 13.4. The summed E-state index contributed by atoms with van der Waals surface area (Å²) >= 11 is 0. The van der Waals surface area contributed by atoms with Crippen molar-refractivity contribution in [3.63, 3.8) is 0 Å². The third kappa shape index (κ3) is 10.3. The number of halogens is 1. The summed E-state index contributed by atoms with van der Waals surface area (Å²) in [6.45, 7) is 1.61. The van der Waals surface area contributed by atoms with E-state index in [0.29, 0.717) is 19.0 Å². The average Bonchev–Trinajstić information content (AvgIpc) is 3.10. The Morgan fingerprint density at radius 2 is 1.07 bits per heavy atom. The van der Waals surface area contributed by atoms with Crippen molar-refractivity contribution in [2.45, 2.75) is 76.7 Å². The lowest BCUT2D eigenvalue weighted by atomic mass is 9.92. The number of rotatable bonds is 19. The maximum atomic E-state index is 13.6. The van der Waals surface area contributed by atoms with Crippen LogP contribution in [0.25, 0.3) is 0 Å². The van der Waals surface area contributed by atoms with Gasteiger partial charge in [0, 0.05) is 0 Å². The van der Waals surface area contributed by atoms with Crippen LogP contribution in [0.3, 0.4) is 0 Å². The molecular formula is C40H51BrNO3P. The number of hydrogen-bond acceptors (Lipinski definition) is 3. The van der Waals surface area contributed by atoms with Crippen molar-refractivity contribution in [2.24, 2.45) is 0 Å². The summed E-state index contributed by atoms with van der Waals surface area (Å²) in [5.74, 6) is -0.153. The van der Waals surface area contributed by atoms with E-state index in [2.05, 4.69) is 109 Å². The van der Waals surface area contributed by atoms with Crippen LogP contribution in [0.5, 0.6) is 0 Å². The second kappa shape index (κ2) is 19.8. The summed E-state index contributed by atoms with van der Waals surface area (Å²) in [4.78, 5) is 13.6. The van der Waals surface area contributed by atoms with E-state index in [9.17, 15) is 15.0 Å². The molecule has 46 heavy (non-hydrogen) atoms. The maximum absolute atomic E-state index is 13.6. The van der Waals surface area contributed by atoms with Crippen molar-refractivity contribution in [1.29, 1.82) is 0 Å². The van der Waals surface area contributed by atoms with Crippen LogP contribution in [-0.2, 0) is 17.6 Å². The number of carbonyl (C=O) groups excluding carboxylic acids is 1. The predicted octanol–water partition coefficient (Wildman–Crippen LogP) is 3.75. The molecule has 0 fully saturated rings. The van der Waals surface area contributed by atoms with Gasteiger partial charge in [-0.2, -0.15) is 0 Å². The molecule has 0 bridgehead atoms. The SMILES string of the molecule is CCCCCCCCc1ccc(CCC(CO)(CO)NC(=O)CC[P+](c2ccccc2)(c2ccccc2)c2ccccc2)cc1.[Br-]. The van der Waals surface area contributed by atoms with E-state index in [-0.39, 0.29) is 42.5 Å². The summed E-state index contributed by atoms with van der Waals surface area (Å²) < 4.78 is 0. The molecule has 4 aromatic carbocycles. The van der Waals surface area contributed by atoms with Crippen LogP contribution in [-0.4, -0.2) is 41.0 Å². The van der Waals surface area contributed by atoms with Crippen LogP contribution in [0.1, 0.15) is 69.4 Å². The molecule has 4 rings (SSSR count). The number of nitrogens with one attached hydrogen (secondary N) is 1. The number of benzene rings is 4. The van der Waals surface area contributed by atoms with Crippen molar-refractivity contribution >= 4 is 29.1 Å². The first kappa shape index (κ1) is 37.6. The lowest BCUT2D eigenvalue weighted by Gasteiger charge is -2.32. The Balaban J connectivity index is 0.00000576. The van der Waals surface area contributed by atoms with Gasteiger partial charge in [0.25, 0.3) is 0 Å². The molecule has 0 radical (unpaired) electrons. The monoisotopic (exact) mass is 703 g/mol. The molecule has 0 aliphatic heterocycles. The number of unbranched alkanes of at least 4 members (excludes halogenated alkanes) is 5. The molecule has 0 aromatic heterocycles. The Morgan fingerprint density at radius 3 is 1.52 bits per heavy atom. The zero-order valence-electron chi connectivity index (χ0n) is 27.3. The highest BCUT2D eigenvalue weighted by Gasteiger charge is 2.45. The first-order valence-electron chi connectivity index (χ1n) is 16.7.